The second-order valence-electron chi connectivity index (χ2n) is 7.50. The van der Waals surface area contributed by atoms with Gasteiger partial charge >= 0.3 is 0 Å². The molecule has 0 unspecified atom stereocenters. The highest BCUT2D eigenvalue weighted by Gasteiger charge is 2.38. The minimum atomic E-state index is -0.941. The van der Waals surface area contributed by atoms with E-state index in [1.807, 2.05) is 4.90 Å². The number of carboxylic acids is 1. The van der Waals surface area contributed by atoms with Crippen molar-refractivity contribution in [3.05, 3.63) is 35.4 Å². The van der Waals surface area contributed by atoms with Crippen LogP contribution in [-0.4, -0.2) is 29.9 Å². The van der Waals surface area contributed by atoms with Crippen LogP contribution in [0.1, 0.15) is 60.9 Å². The number of carbonyl (C=O) groups excluding carboxylic acids is 2. The van der Waals surface area contributed by atoms with E-state index in [9.17, 15) is 14.7 Å². The van der Waals surface area contributed by atoms with Crippen molar-refractivity contribution in [2.75, 3.05) is 13.1 Å². The Kier molecular flexibility index (Phi) is 5.08. The van der Waals surface area contributed by atoms with Gasteiger partial charge in [0.15, 0.2) is 0 Å². The van der Waals surface area contributed by atoms with Gasteiger partial charge in [0.2, 0.25) is 0 Å². The highest BCUT2D eigenvalue weighted by Crippen LogP contribution is 2.47. The standard InChI is InChI=1S/C20H24N2O3/c21-14-16-1-3-17(4-2-16)19(25)22-11-9-20(10-12-22)7-5-15(6-8-20)13-18(23)24/h1-4,15H,5-13H2,(H,23,24)/p-1. The number of likely N-dealkylation sites (tertiary alicyclic amines) is 1. The first-order valence-electron chi connectivity index (χ1n) is 9.01. The fraction of sp³-hybridized carbons (Fsp3) is 0.550. The fourth-order valence-electron chi connectivity index (χ4n) is 4.28. The van der Waals surface area contributed by atoms with Gasteiger partial charge in [0, 0.05) is 24.6 Å². The molecule has 1 amide bonds. The maximum atomic E-state index is 12.6. The molecule has 25 heavy (non-hydrogen) atoms. The first kappa shape index (κ1) is 17.5. The molecule has 2 fully saturated rings. The molecule has 1 spiro atoms. The highest BCUT2D eigenvalue weighted by molar-refractivity contribution is 5.94. The third kappa shape index (κ3) is 4.01. The van der Waals surface area contributed by atoms with Crippen molar-refractivity contribution in [1.82, 2.24) is 4.90 Å². The number of carboxylic acid groups (broad SMARTS) is 1. The summed E-state index contributed by atoms with van der Waals surface area (Å²) in [7, 11) is 0. The van der Waals surface area contributed by atoms with Crippen LogP contribution in [0, 0.1) is 22.7 Å². The molecule has 0 bridgehead atoms. The molecular weight excluding hydrogens is 316 g/mol. The SMILES string of the molecule is N#Cc1ccc(C(=O)N2CCC3(CCC(CC(=O)[O-])CC3)CC2)cc1. The average molecular weight is 339 g/mol. The maximum Gasteiger partial charge on any atom is 0.253 e. The first-order chi connectivity index (χ1) is 12.0. The Bertz CT molecular complexity index is 672. The summed E-state index contributed by atoms with van der Waals surface area (Å²) < 4.78 is 0. The van der Waals surface area contributed by atoms with E-state index in [4.69, 9.17) is 5.26 Å². The van der Waals surface area contributed by atoms with Crippen molar-refractivity contribution < 1.29 is 14.7 Å². The summed E-state index contributed by atoms with van der Waals surface area (Å²) in [5.41, 5.74) is 1.47. The number of aliphatic carboxylic acids is 1. The molecule has 1 saturated carbocycles. The summed E-state index contributed by atoms with van der Waals surface area (Å²) in [4.78, 5) is 25.3. The molecule has 0 atom stereocenters. The Hall–Kier alpha value is -2.35. The van der Waals surface area contributed by atoms with Crippen LogP contribution in [0.4, 0.5) is 0 Å². The molecule has 1 saturated heterocycles. The minimum Gasteiger partial charge on any atom is -0.550 e. The summed E-state index contributed by atoms with van der Waals surface area (Å²) in [5.74, 6) is -0.650. The number of rotatable bonds is 3. The lowest BCUT2D eigenvalue weighted by atomic mass is 9.65. The van der Waals surface area contributed by atoms with E-state index in [0.717, 1.165) is 51.6 Å². The lowest BCUT2D eigenvalue weighted by molar-refractivity contribution is -0.307. The third-order valence-electron chi connectivity index (χ3n) is 5.99. The van der Waals surface area contributed by atoms with E-state index in [1.165, 1.54) is 0 Å². The number of benzene rings is 1. The first-order valence-corrected chi connectivity index (χ1v) is 9.01. The zero-order valence-electron chi connectivity index (χ0n) is 14.4. The van der Waals surface area contributed by atoms with E-state index in [1.54, 1.807) is 24.3 Å². The van der Waals surface area contributed by atoms with E-state index in [-0.39, 0.29) is 23.7 Å². The van der Waals surface area contributed by atoms with E-state index < -0.39 is 5.97 Å². The summed E-state index contributed by atoms with van der Waals surface area (Å²) in [6.45, 7) is 1.51. The van der Waals surface area contributed by atoms with E-state index in [2.05, 4.69) is 6.07 Å². The molecule has 2 aliphatic rings. The topological polar surface area (TPSA) is 84.2 Å². The molecule has 5 nitrogen and oxygen atoms in total. The molecule has 1 heterocycles. The zero-order chi connectivity index (χ0) is 17.9. The Morgan fingerprint density at radius 1 is 1.12 bits per heavy atom. The molecule has 5 heteroatoms. The fourth-order valence-corrected chi connectivity index (χ4v) is 4.28. The summed E-state index contributed by atoms with van der Waals surface area (Å²) in [5, 5.41) is 19.6. The lowest BCUT2D eigenvalue weighted by Gasteiger charge is -2.46. The lowest BCUT2D eigenvalue weighted by Crippen LogP contribution is -2.44. The van der Waals surface area contributed by atoms with Gasteiger partial charge in [0.25, 0.3) is 5.91 Å². The third-order valence-corrected chi connectivity index (χ3v) is 5.99. The molecule has 132 valence electrons. The van der Waals surface area contributed by atoms with Crippen LogP contribution in [0.15, 0.2) is 24.3 Å². The van der Waals surface area contributed by atoms with Crippen LogP contribution >= 0.6 is 0 Å². The summed E-state index contributed by atoms with van der Waals surface area (Å²) in [6.07, 6.45) is 6.20. The van der Waals surface area contributed by atoms with Gasteiger partial charge in [-0.3, -0.25) is 4.79 Å². The van der Waals surface area contributed by atoms with Crippen molar-refractivity contribution in [2.24, 2.45) is 11.3 Å². The smallest absolute Gasteiger partial charge is 0.253 e. The molecular formula is C20H23N2O3-. The Balaban J connectivity index is 1.54. The van der Waals surface area contributed by atoms with Crippen LogP contribution in [0.3, 0.4) is 0 Å². The molecule has 0 aromatic heterocycles. The van der Waals surface area contributed by atoms with Crippen LogP contribution in [0.5, 0.6) is 0 Å². The Morgan fingerprint density at radius 3 is 2.24 bits per heavy atom. The van der Waals surface area contributed by atoms with Crippen molar-refractivity contribution in [3.8, 4) is 6.07 Å². The van der Waals surface area contributed by atoms with Crippen molar-refractivity contribution in [1.29, 1.82) is 5.26 Å². The van der Waals surface area contributed by atoms with Gasteiger partial charge in [-0.25, -0.2) is 0 Å². The van der Waals surface area contributed by atoms with Crippen LogP contribution in [-0.2, 0) is 4.79 Å². The molecule has 0 N–H and O–H groups in total. The summed E-state index contributed by atoms with van der Waals surface area (Å²) >= 11 is 0. The van der Waals surface area contributed by atoms with Gasteiger partial charge in [-0.05, 0) is 80.5 Å². The predicted octanol–water partition coefficient (Wildman–Crippen LogP) is 2.11. The van der Waals surface area contributed by atoms with Gasteiger partial charge in [-0.15, -0.1) is 0 Å². The number of carbonyl (C=O) groups is 2. The molecule has 1 aromatic rings. The number of piperidine rings is 1. The van der Waals surface area contributed by atoms with Gasteiger partial charge in [-0.1, -0.05) is 0 Å². The average Bonchev–Trinajstić information content (AvgIpc) is 2.64. The molecule has 1 aliphatic carbocycles. The van der Waals surface area contributed by atoms with Crippen molar-refractivity contribution in [2.45, 2.75) is 44.9 Å². The quantitative estimate of drug-likeness (QED) is 0.844. The number of amides is 1. The molecule has 1 aromatic carbocycles. The van der Waals surface area contributed by atoms with E-state index in [0.29, 0.717) is 11.1 Å². The predicted molar refractivity (Wildman–Crippen MR) is 90.3 cm³/mol. The normalized spacial score (nSPS) is 20.2. The largest absolute Gasteiger partial charge is 0.550 e. The number of hydrogen-bond acceptors (Lipinski definition) is 4. The van der Waals surface area contributed by atoms with Crippen molar-refractivity contribution in [3.63, 3.8) is 0 Å². The zero-order valence-corrected chi connectivity index (χ0v) is 14.4. The number of nitriles is 1. The van der Waals surface area contributed by atoms with Crippen LogP contribution in [0.25, 0.3) is 0 Å². The summed E-state index contributed by atoms with van der Waals surface area (Å²) in [6, 6.07) is 8.85. The maximum absolute atomic E-state index is 12.6. The highest BCUT2D eigenvalue weighted by atomic mass is 16.4. The van der Waals surface area contributed by atoms with Crippen LogP contribution < -0.4 is 5.11 Å². The molecule has 0 radical (unpaired) electrons. The monoisotopic (exact) mass is 339 g/mol. The van der Waals surface area contributed by atoms with Crippen molar-refractivity contribution >= 4 is 11.9 Å². The van der Waals surface area contributed by atoms with Gasteiger partial charge in [0.05, 0.1) is 11.6 Å². The minimum absolute atomic E-state index is 0.0324. The van der Waals surface area contributed by atoms with Crippen LogP contribution in [0.2, 0.25) is 0 Å². The number of hydrogen-bond donors (Lipinski definition) is 0. The second kappa shape index (κ2) is 7.26. The van der Waals surface area contributed by atoms with Gasteiger partial charge in [0.1, 0.15) is 0 Å². The van der Waals surface area contributed by atoms with E-state index >= 15 is 0 Å². The molecule has 3 rings (SSSR count). The Morgan fingerprint density at radius 2 is 1.72 bits per heavy atom. The Labute approximate surface area is 148 Å². The van der Waals surface area contributed by atoms with Gasteiger partial charge in [-0.2, -0.15) is 5.26 Å². The number of nitrogens with zero attached hydrogens (tertiary/aromatic N) is 2. The molecule has 1 aliphatic heterocycles. The second-order valence-corrected chi connectivity index (χ2v) is 7.50. The van der Waals surface area contributed by atoms with Gasteiger partial charge < -0.3 is 14.8 Å².